The molecule has 1 heteroatoms. The summed E-state index contributed by atoms with van der Waals surface area (Å²) in [5, 5.41) is 0. The first-order valence-electron chi connectivity index (χ1n) is 5.63. The number of allylic oxidation sites excluding steroid dienone is 1. The van der Waals surface area contributed by atoms with Crippen LogP contribution in [0.2, 0.25) is 0 Å². The SMILES string of the molecule is CC1=C2C=Cc3cccc4c3N2C(C1)C4. The molecule has 0 aliphatic carbocycles. The maximum absolute atomic E-state index is 2.56. The highest BCUT2D eigenvalue weighted by molar-refractivity contribution is 5.83. The summed E-state index contributed by atoms with van der Waals surface area (Å²) >= 11 is 0. The van der Waals surface area contributed by atoms with Gasteiger partial charge in [-0.1, -0.05) is 24.3 Å². The second-order valence-corrected chi connectivity index (χ2v) is 4.79. The zero-order valence-electron chi connectivity index (χ0n) is 8.83. The molecule has 0 radical (unpaired) electrons. The van der Waals surface area contributed by atoms with Gasteiger partial charge in [-0.05, 0) is 42.5 Å². The number of para-hydroxylation sites is 1. The Morgan fingerprint density at radius 1 is 1.20 bits per heavy atom. The third-order valence-electron chi connectivity index (χ3n) is 3.87. The summed E-state index contributed by atoms with van der Waals surface area (Å²) < 4.78 is 0. The molecule has 0 fully saturated rings. The van der Waals surface area contributed by atoms with E-state index >= 15 is 0 Å². The molecule has 1 unspecified atom stereocenters. The summed E-state index contributed by atoms with van der Waals surface area (Å²) in [6.45, 7) is 2.27. The smallest absolute Gasteiger partial charge is 0.0520 e. The molecule has 0 amide bonds. The highest BCUT2D eigenvalue weighted by Gasteiger charge is 2.38. The molecule has 0 N–H and O–H groups in total. The second-order valence-electron chi connectivity index (χ2n) is 4.79. The highest BCUT2D eigenvalue weighted by Crippen LogP contribution is 2.47. The number of hydrogen-bond acceptors (Lipinski definition) is 1. The van der Waals surface area contributed by atoms with Crippen LogP contribution < -0.4 is 4.90 Å². The Kier molecular flexibility index (Phi) is 1.22. The average Bonchev–Trinajstić information content (AvgIpc) is 2.73. The fourth-order valence-electron chi connectivity index (χ4n) is 3.27. The van der Waals surface area contributed by atoms with Crippen molar-refractivity contribution in [2.45, 2.75) is 25.8 Å². The molecule has 1 aromatic carbocycles. The van der Waals surface area contributed by atoms with Crippen LogP contribution in [-0.2, 0) is 6.42 Å². The van der Waals surface area contributed by atoms with Crippen LogP contribution in [0.3, 0.4) is 0 Å². The summed E-state index contributed by atoms with van der Waals surface area (Å²) in [5.74, 6) is 0. The molecule has 15 heavy (non-hydrogen) atoms. The van der Waals surface area contributed by atoms with Crippen molar-refractivity contribution in [2.75, 3.05) is 4.90 Å². The van der Waals surface area contributed by atoms with Crippen molar-refractivity contribution in [3.8, 4) is 0 Å². The molecule has 4 rings (SSSR count). The zero-order chi connectivity index (χ0) is 9.99. The van der Waals surface area contributed by atoms with Gasteiger partial charge in [-0.2, -0.15) is 0 Å². The van der Waals surface area contributed by atoms with Crippen molar-refractivity contribution in [3.05, 3.63) is 46.7 Å². The summed E-state index contributed by atoms with van der Waals surface area (Å²) in [7, 11) is 0. The van der Waals surface area contributed by atoms with Crippen molar-refractivity contribution in [2.24, 2.45) is 0 Å². The minimum atomic E-state index is 0.709. The van der Waals surface area contributed by atoms with Crippen molar-refractivity contribution in [1.29, 1.82) is 0 Å². The number of benzene rings is 1. The van der Waals surface area contributed by atoms with Crippen LogP contribution in [0.4, 0.5) is 5.69 Å². The number of hydrogen-bond donors (Lipinski definition) is 0. The van der Waals surface area contributed by atoms with Crippen molar-refractivity contribution >= 4 is 11.8 Å². The maximum atomic E-state index is 2.56. The van der Waals surface area contributed by atoms with Crippen molar-refractivity contribution in [3.63, 3.8) is 0 Å². The average molecular weight is 195 g/mol. The van der Waals surface area contributed by atoms with Gasteiger partial charge in [0.2, 0.25) is 0 Å². The van der Waals surface area contributed by atoms with Gasteiger partial charge < -0.3 is 4.90 Å². The monoisotopic (exact) mass is 195 g/mol. The van der Waals surface area contributed by atoms with E-state index in [2.05, 4.69) is 42.2 Å². The lowest BCUT2D eigenvalue weighted by Gasteiger charge is -2.26. The summed E-state index contributed by atoms with van der Waals surface area (Å²) in [4.78, 5) is 2.56. The molecule has 3 aliphatic rings. The molecule has 1 atom stereocenters. The molecule has 74 valence electrons. The zero-order valence-corrected chi connectivity index (χ0v) is 8.83. The molecule has 0 aromatic heterocycles. The third kappa shape index (κ3) is 0.800. The van der Waals surface area contributed by atoms with Crippen LogP contribution in [0, 0.1) is 0 Å². The summed E-state index contributed by atoms with van der Waals surface area (Å²) in [6, 6.07) is 7.40. The van der Waals surface area contributed by atoms with Gasteiger partial charge in [0, 0.05) is 11.7 Å². The first-order valence-corrected chi connectivity index (χ1v) is 5.63. The minimum Gasteiger partial charge on any atom is -0.337 e. The van der Waals surface area contributed by atoms with Gasteiger partial charge >= 0.3 is 0 Å². The number of rotatable bonds is 0. The van der Waals surface area contributed by atoms with Crippen LogP contribution in [0.5, 0.6) is 0 Å². The molecule has 0 bridgehead atoms. The fraction of sp³-hybridized carbons (Fsp3) is 0.286. The Morgan fingerprint density at radius 2 is 2.13 bits per heavy atom. The van der Waals surface area contributed by atoms with E-state index in [1.54, 1.807) is 5.57 Å². The molecule has 1 aromatic rings. The van der Waals surface area contributed by atoms with Gasteiger partial charge in [0.05, 0.1) is 5.69 Å². The molecular weight excluding hydrogens is 182 g/mol. The number of anilines is 1. The van der Waals surface area contributed by atoms with E-state index in [9.17, 15) is 0 Å². The molecule has 0 saturated heterocycles. The Balaban J connectivity index is 2.07. The molecule has 3 heterocycles. The topological polar surface area (TPSA) is 3.24 Å². The largest absolute Gasteiger partial charge is 0.337 e. The lowest BCUT2D eigenvalue weighted by atomic mass is 10.00. The Morgan fingerprint density at radius 3 is 3.07 bits per heavy atom. The van der Waals surface area contributed by atoms with Crippen molar-refractivity contribution in [1.82, 2.24) is 0 Å². The molecule has 0 saturated carbocycles. The van der Waals surface area contributed by atoms with Gasteiger partial charge in [-0.3, -0.25) is 0 Å². The van der Waals surface area contributed by atoms with E-state index in [4.69, 9.17) is 0 Å². The van der Waals surface area contributed by atoms with E-state index in [1.807, 2.05) is 0 Å². The van der Waals surface area contributed by atoms with Crippen LogP contribution >= 0.6 is 0 Å². The molecular formula is C14H13N. The van der Waals surface area contributed by atoms with Gasteiger partial charge in [-0.15, -0.1) is 0 Å². The van der Waals surface area contributed by atoms with Crippen molar-refractivity contribution < 1.29 is 0 Å². The maximum Gasteiger partial charge on any atom is 0.0520 e. The second kappa shape index (κ2) is 2.35. The summed E-state index contributed by atoms with van der Waals surface area (Å²) in [5.41, 5.74) is 7.42. The first kappa shape index (κ1) is 7.75. The van der Waals surface area contributed by atoms with Gasteiger partial charge in [0.25, 0.3) is 0 Å². The van der Waals surface area contributed by atoms with Crippen LogP contribution in [0.1, 0.15) is 24.5 Å². The first-order chi connectivity index (χ1) is 7.34. The van der Waals surface area contributed by atoms with Crippen LogP contribution in [0.25, 0.3) is 6.08 Å². The van der Waals surface area contributed by atoms with Gasteiger partial charge in [-0.25, -0.2) is 0 Å². The van der Waals surface area contributed by atoms with Crippen LogP contribution in [0.15, 0.2) is 35.5 Å². The lowest BCUT2D eigenvalue weighted by molar-refractivity contribution is 0.711. The lowest BCUT2D eigenvalue weighted by Crippen LogP contribution is -2.26. The Labute approximate surface area is 89.7 Å². The minimum absolute atomic E-state index is 0.709. The van der Waals surface area contributed by atoms with E-state index in [-0.39, 0.29) is 0 Å². The standard InChI is InChI=1S/C14H13N/c1-9-7-12-8-11-4-2-3-10-5-6-13(9)15(12)14(10)11/h2-6,12H,7-8H2,1H3. The quantitative estimate of drug-likeness (QED) is 0.614. The normalized spacial score (nSPS) is 25.1. The van der Waals surface area contributed by atoms with E-state index < -0.39 is 0 Å². The van der Waals surface area contributed by atoms with E-state index in [1.165, 1.54) is 35.4 Å². The molecule has 3 aliphatic heterocycles. The van der Waals surface area contributed by atoms with E-state index in [0.29, 0.717) is 6.04 Å². The van der Waals surface area contributed by atoms with Gasteiger partial charge in [0.1, 0.15) is 0 Å². The van der Waals surface area contributed by atoms with Crippen LogP contribution in [-0.4, -0.2) is 6.04 Å². The predicted octanol–water partition coefficient (Wildman–Crippen LogP) is 3.12. The predicted molar refractivity (Wildman–Crippen MR) is 62.8 cm³/mol. The fourth-order valence-corrected chi connectivity index (χ4v) is 3.27. The molecule has 1 nitrogen and oxygen atoms in total. The highest BCUT2D eigenvalue weighted by atomic mass is 15.2. The molecule has 0 spiro atoms. The number of nitrogens with zero attached hydrogens (tertiary/aromatic N) is 1. The Hall–Kier alpha value is -1.50. The van der Waals surface area contributed by atoms with Gasteiger partial charge in [0.15, 0.2) is 0 Å². The summed E-state index contributed by atoms with van der Waals surface area (Å²) in [6.07, 6.45) is 7.02. The Bertz CT molecular complexity index is 522. The third-order valence-corrected chi connectivity index (χ3v) is 3.87. The van der Waals surface area contributed by atoms with E-state index in [0.717, 1.165) is 0 Å².